The van der Waals surface area contributed by atoms with Crippen molar-refractivity contribution in [1.29, 1.82) is 0 Å². The summed E-state index contributed by atoms with van der Waals surface area (Å²) in [6.07, 6.45) is 1.11. The van der Waals surface area contributed by atoms with Crippen LogP contribution in [-0.4, -0.2) is 37.3 Å². The zero-order valence-corrected chi connectivity index (χ0v) is 7.90. The summed E-state index contributed by atoms with van der Waals surface area (Å²) in [6.45, 7) is 1.08. The minimum atomic E-state index is 0.153. The molecule has 4 N–H and O–H groups in total. The molecule has 0 aliphatic carbocycles. The third-order valence-electron chi connectivity index (χ3n) is 1.01. The topological polar surface area (TPSA) is 67.6 Å². The molecular weight excluding hydrogens is 160 g/mol. The van der Waals surface area contributed by atoms with Crippen LogP contribution in [0.4, 0.5) is 0 Å². The molecule has 0 bridgehead atoms. The van der Waals surface area contributed by atoms with Crippen LogP contribution >= 0.6 is 11.9 Å². The Hall–Kier alpha value is -0.420. The second-order valence-electron chi connectivity index (χ2n) is 2.51. The van der Waals surface area contributed by atoms with E-state index in [4.69, 9.17) is 11.5 Å². The van der Waals surface area contributed by atoms with Crippen LogP contribution in [0.2, 0.25) is 0 Å². The van der Waals surface area contributed by atoms with Crippen LogP contribution in [0.3, 0.4) is 0 Å². The van der Waals surface area contributed by atoms with E-state index in [1.165, 1.54) is 11.9 Å². The lowest BCUT2D eigenvalue weighted by Crippen LogP contribution is -2.21. The number of nitrogens with zero attached hydrogens (tertiary/aromatic N) is 2. The number of hydrogen-bond donors (Lipinski definition) is 2. The third-order valence-corrected chi connectivity index (χ3v) is 1.82. The first kappa shape index (κ1) is 10.6. The molecule has 0 radical (unpaired) electrons. The first-order valence-corrected chi connectivity index (χ1v) is 4.43. The smallest absolute Gasteiger partial charge is 0.197 e. The summed E-state index contributed by atoms with van der Waals surface area (Å²) in [5.74, 6) is 1.12. The van der Waals surface area contributed by atoms with Crippen molar-refractivity contribution in [3.05, 3.63) is 0 Å². The van der Waals surface area contributed by atoms with Crippen LogP contribution in [0.15, 0.2) is 4.40 Å². The predicted molar refractivity (Wildman–Crippen MR) is 51.4 cm³/mol. The summed E-state index contributed by atoms with van der Waals surface area (Å²) in [5.41, 5.74) is 10.3. The minimum absolute atomic E-state index is 0.153. The van der Waals surface area contributed by atoms with Crippen LogP contribution in [0.5, 0.6) is 0 Å². The highest BCUT2D eigenvalue weighted by Gasteiger charge is 1.90. The molecule has 4 nitrogen and oxygen atoms in total. The summed E-state index contributed by atoms with van der Waals surface area (Å²) in [7, 11) is 4.09. The Kier molecular flexibility index (Phi) is 6.06. The van der Waals surface area contributed by atoms with Gasteiger partial charge >= 0.3 is 0 Å². The monoisotopic (exact) mass is 176 g/mol. The van der Waals surface area contributed by atoms with Crippen LogP contribution in [0.1, 0.15) is 6.42 Å². The fourth-order valence-corrected chi connectivity index (χ4v) is 1.06. The van der Waals surface area contributed by atoms with Crippen LogP contribution in [0, 0.1) is 0 Å². The Balaban J connectivity index is 3.09. The summed E-state index contributed by atoms with van der Waals surface area (Å²) >= 11 is 1.41. The average Bonchev–Trinajstić information content (AvgIpc) is 1.85. The summed E-state index contributed by atoms with van der Waals surface area (Å²) in [4.78, 5) is 2.13. The Morgan fingerprint density at radius 1 is 1.45 bits per heavy atom. The highest BCUT2D eigenvalue weighted by molar-refractivity contribution is 7.98. The van der Waals surface area contributed by atoms with Gasteiger partial charge in [-0.2, -0.15) is 4.40 Å². The molecule has 0 aromatic heterocycles. The molecule has 0 atom stereocenters. The molecule has 0 spiro atoms. The van der Waals surface area contributed by atoms with Gasteiger partial charge in [-0.3, -0.25) is 0 Å². The van der Waals surface area contributed by atoms with E-state index in [1.807, 2.05) is 14.1 Å². The van der Waals surface area contributed by atoms with Crippen molar-refractivity contribution < 1.29 is 0 Å². The van der Waals surface area contributed by atoms with E-state index in [1.54, 1.807) is 0 Å². The largest absolute Gasteiger partial charge is 0.369 e. The van der Waals surface area contributed by atoms with Gasteiger partial charge in [-0.25, -0.2) is 0 Å². The molecular formula is C6H16N4S. The van der Waals surface area contributed by atoms with E-state index < -0.39 is 0 Å². The SMILES string of the molecule is CN(C)CCCSN=C(N)N. The molecule has 0 fully saturated rings. The Morgan fingerprint density at radius 2 is 2.09 bits per heavy atom. The zero-order chi connectivity index (χ0) is 8.69. The number of nitrogens with two attached hydrogens (primary N) is 2. The standard InChI is InChI=1S/C6H16N4S/c1-10(2)4-3-5-11-9-6(7)8/h3-5H2,1-2H3,(H4,7,8,9). The zero-order valence-electron chi connectivity index (χ0n) is 7.08. The quantitative estimate of drug-likeness (QED) is 0.265. The van der Waals surface area contributed by atoms with Crippen molar-refractivity contribution in [3.8, 4) is 0 Å². The van der Waals surface area contributed by atoms with E-state index in [0.29, 0.717) is 0 Å². The highest BCUT2D eigenvalue weighted by Crippen LogP contribution is 2.02. The molecule has 0 unspecified atom stereocenters. The fraction of sp³-hybridized carbons (Fsp3) is 0.833. The van der Waals surface area contributed by atoms with Crippen molar-refractivity contribution in [2.45, 2.75) is 6.42 Å². The van der Waals surface area contributed by atoms with Gasteiger partial charge in [0.25, 0.3) is 0 Å². The predicted octanol–water partition coefficient (Wildman–Crippen LogP) is -0.140. The van der Waals surface area contributed by atoms with Crippen molar-refractivity contribution in [3.63, 3.8) is 0 Å². The van der Waals surface area contributed by atoms with Gasteiger partial charge in [0.1, 0.15) is 0 Å². The van der Waals surface area contributed by atoms with Gasteiger partial charge in [-0.15, -0.1) is 0 Å². The minimum Gasteiger partial charge on any atom is -0.369 e. The van der Waals surface area contributed by atoms with Gasteiger partial charge in [0.05, 0.1) is 0 Å². The summed E-state index contributed by atoms with van der Waals surface area (Å²) < 4.78 is 3.79. The number of rotatable bonds is 5. The maximum absolute atomic E-state index is 5.13. The first-order valence-electron chi connectivity index (χ1n) is 3.48. The van der Waals surface area contributed by atoms with E-state index >= 15 is 0 Å². The van der Waals surface area contributed by atoms with Crippen molar-refractivity contribution in [2.75, 3.05) is 26.4 Å². The fourth-order valence-electron chi connectivity index (χ4n) is 0.566. The van der Waals surface area contributed by atoms with E-state index in [-0.39, 0.29) is 5.96 Å². The maximum Gasteiger partial charge on any atom is 0.197 e. The molecule has 0 aromatic rings. The van der Waals surface area contributed by atoms with Crippen LogP contribution in [-0.2, 0) is 0 Å². The summed E-state index contributed by atoms with van der Waals surface area (Å²) in [6, 6.07) is 0. The van der Waals surface area contributed by atoms with Gasteiger partial charge in [-0.05, 0) is 39.0 Å². The normalized spacial score (nSPS) is 10.1. The Labute approximate surface area is 72.2 Å². The maximum atomic E-state index is 5.13. The molecule has 0 aliphatic rings. The molecule has 66 valence electrons. The molecule has 0 aliphatic heterocycles. The molecule has 5 heteroatoms. The highest BCUT2D eigenvalue weighted by atomic mass is 32.2. The molecule has 0 aromatic carbocycles. The van der Waals surface area contributed by atoms with Crippen molar-refractivity contribution in [2.24, 2.45) is 15.9 Å². The van der Waals surface area contributed by atoms with Gasteiger partial charge < -0.3 is 16.4 Å². The van der Waals surface area contributed by atoms with Crippen molar-refractivity contribution in [1.82, 2.24) is 4.90 Å². The van der Waals surface area contributed by atoms with Crippen LogP contribution in [0.25, 0.3) is 0 Å². The van der Waals surface area contributed by atoms with Gasteiger partial charge in [-0.1, -0.05) is 0 Å². The Morgan fingerprint density at radius 3 is 2.55 bits per heavy atom. The number of hydrogen-bond acceptors (Lipinski definition) is 3. The molecule has 0 rings (SSSR count). The Bertz CT molecular complexity index is 120. The van der Waals surface area contributed by atoms with Gasteiger partial charge in [0, 0.05) is 5.75 Å². The molecule has 0 saturated carbocycles. The third kappa shape index (κ3) is 9.58. The van der Waals surface area contributed by atoms with E-state index in [0.717, 1.165) is 18.7 Å². The second kappa shape index (κ2) is 6.30. The van der Waals surface area contributed by atoms with Crippen LogP contribution < -0.4 is 11.5 Å². The molecule has 0 saturated heterocycles. The summed E-state index contributed by atoms with van der Waals surface area (Å²) in [5, 5.41) is 0. The molecule has 0 amide bonds. The van der Waals surface area contributed by atoms with Gasteiger partial charge in [0.15, 0.2) is 5.96 Å². The lowest BCUT2D eigenvalue weighted by molar-refractivity contribution is 0.410. The van der Waals surface area contributed by atoms with E-state index in [2.05, 4.69) is 9.30 Å². The lowest BCUT2D eigenvalue weighted by atomic mass is 10.5. The van der Waals surface area contributed by atoms with Gasteiger partial charge in [0.2, 0.25) is 0 Å². The average molecular weight is 176 g/mol. The van der Waals surface area contributed by atoms with E-state index in [9.17, 15) is 0 Å². The second-order valence-corrected chi connectivity index (χ2v) is 3.36. The lowest BCUT2D eigenvalue weighted by Gasteiger charge is -2.06. The molecule has 11 heavy (non-hydrogen) atoms. The molecule has 0 heterocycles. The number of guanidine groups is 1. The first-order chi connectivity index (χ1) is 5.13. The van der Waals surface area contributed by atoms with Crippen molar-refractivity contribution >= 4 is 17.9 Å².